The first kappa shape index (κ1) is 21.1. The van der Waals surface area contributed by atoms with E-state index in [0.29, 0.717) is 13.0 Å². The van der Waals surface area contributed by atoms with Gasteiger partial charge in [0.2, 0.25) is 0 Å². The molecule has 24 heavy (non-hydrogen) atoms. The van der Waals surface area contributed by atoms with Gasteiger partial charge in [0.25, 0.3) is 0 Å². The molecule has 0 aromatic heterocycles. The molecule has 0 unspecified atom stereocenters. The molecule has 0 saturated carbocycles. The van der Waals surface area contributed by atoms with Crippen molar-refractivity contribution in [1.29, 1.82) is 0 Å². The molecule has 0 bridgehead atoms. The fourth-order valence-electron chi connectivity index (χ4n) is 2.24. The topological polar surface area (TPSA) is 55.8 Å². The van der Waals surface area contributed by atoms with Crippen LogP contribution in [0, 0.1) is 5.41 Å². The SMILES string of the molecule is CCOC1=CC(=O)[C@](C)(/C=C/[C@@H](O)CO[Si](C)(C)C(C)(C)C)CC1. The zero-order chi connectivity index (χ0) is 18.6. The van der Waals surface area contributed by atoms with Gasteiger partial charge in [-0.1, -0.05) is 32.9 Å². The molecule has 0 aromatic carbocycles. The Morgan fingerprint density at radius 2 is 2.04 bits per heavy atom. The van der Waals surface area contributed by atoms with Crippen molar-refractivity contribution in [2.75, 3.05) is 13.2 Å². The van der Waals surface area contributed by atoms with E-state index in [-0.39, 0.29) is 17.4 Å². The molecule has 0 saturated heterocycles. The second kappa shape index (κ2) is 7.98. The number of ether oxygens (including phenoxy) is 1. The standard InChI is InChI=1S/C19H34O4Si/c1-8-22-16-10-12-19(5,17(21)13-16)11-9-15(20)14-23-24(6,7)18(2,3)4/h9,11,13,15,20H,8,10,12,14H2,1-7H3/b11-9+/t15-,19-/m1/s1. The van der Waals surface area contributed by atoms with Crippen LogP contribution >= 0.6 is 0 Å². The first-order chi connectivity index (χ1) is 10.9. The Kier molecular flexibility index (Phi) is 7.02. The van der Waals surface area contributed by atoms with E-state index in [1.165, 1.54) is 0 Å². The third kappa shape index (κ3) is 5.57. The number of aliphatic hydroxyl groups is 1. The van der Waals surface area contributed by atoms with Crippen LogP contribution in [-0.2, 0) is 14.0 Å². The van der Waals surface area contributed by atoms with Gasteiger partial charge in [-0.05, 0) is 38.4 Å². The predicted molar refractivity (Wildman–Crippen MR) is 100 cm³/mol. The monoisotopic (exact) mass is 354 g/mol. The van der Waals surface area contributed by atoms with E-state index in [1.54, 1.807) is 12.2 Å². The number of hydrogen-bond donors (Lipinski definition) is 1. The highest BCUT2D eigenvalue weighted by atomic mass is 28.4. The maximum Gasteiger partial charge on any atom is 0.192 e. The van der Waals surface area contributed by atoms with E-state index in [0.717, 1.165) is 12.2 Å². The number of aliphatic hydroxyl groups excluding tert-OH is 1. The molecule has 1 aliphatic rings. The number of allylic oxidation sites excluding steroid dienone is 3. The largest absolute Gasteiger partial charge is 0.498 e. The van der Waals surface area contributed by atoms with Crippen molar-refractivity contribution < 1.29 is 19.1 Å². The van der Waals surface area contributed by atoms with Gasteiger partial charge in [0.05, 0.1) is 25.1 Å². The molecule has 1 N–H and O–H groups in total. The minimum absolute atomic E-state index is 0.0333. The van der Waals surface area contributed by atoms with Gasteiger partial charge in [0.1, 0.15) is 0 Å². The number of rotatable bonds is 7. The van der Waals surface area contributed by atoms with Crippen molar-refractivity contribution in [1.82, 2.24) is 0 Å². The lowest BCUT2D eigenvalue weighted by molar-refractivity contribution is -0.122. The van der Waals surface area contributed by atoms with Crippen LogP contribution in [0.4, 0.5) is 0 Å². The Bertz CT molecular complexity index is 502. The third-order valence-electron chi connectivity index (χ3n) is 5.18. The highest BCUT2D eigenvalue weighted by Crippen LogP contribution is 2.37. The number of ketones is 1. The smallest absolute Gasteiger partial charge is 0.192 e. The lowest BCUT2D eigenvalue weighted by Crippen LogP contribution is -2.42. The number of carbonyl (C=O) groups is 1. The molecular formula is C19H34O4Si. The van der Waals surface area contributed by atoms with Gasteiger partial charge in [-0.2, -0.15) is 0 Å². The van der Waals surface area contributed by atoms with Gasteiger partial charge < -0.3 is 14.3 Å². The summed E-state index contributed by atoms with van der Waals surface area (Å²) >= 11 is 0. The average molecular weight is 355 g/mol. The van der Waals surface area contributed by atoms with Crippen LogP contribution in [0.5, 0.6) is 0 Å². The second-order valence-electron chi connectivity index (χ2n) is 8.32. The summed E-state index contributed by atoms with van der Waals surface area (Å²) in [5, 5.41) is 10.3. The zero-order valence-electron chi connectivity index (χ0n) is 16.3. The summed E-state index contributed by atoms with van der Waals surface area (Å²) in [5.41, 5.74) is -0.571. The molecule has 1 aliphatic carbocycles. The van der Waals surface area contributed by atoms with Crippen LogP contribution in [0.2, 0.25) is 18.1 Å². The molecule has 0 fully saturated rings. The van der Waals surface area contributed by atoms with Crippen molar-refractivity contribution in [3.63, 3.8) is 0 Å². The van der Waals surface area contributed by atoms with Crippen molar-refractivity contribution in [3.05, 3.63) is 24.0 Å². The van der Waals surface area contributed by atoms with E-state index >= 15 is 0 Å². The fourth-order valence-corrected chi connectivity index (χ4v) is 3.26. The van der Waals surface area contributed by atoms with E-state index in [4.69, 9.17) is 9.16 Å². The van der Waals surface area contributed by atoms with Crippen molar-refractivity contribution in [2.45, 2.75) is 71.7 Å². The van der Waals surface area contributed by atoms with E-state index in [1.807, 2.05) is 19.9 Å². The maximum absolute atomic E-state index is 12.3. The highest BCUT2D eigenvalue weighted by molar-refractivity contribution is 6.74. The Labute approximate surface area is 148 Å². The summed E-state index contributed by atoms with van der Waals surface area (Å²) in [6, 6.07) is 0. The zero-order valence-corrected chi connectivity index (χ0v) is 17.3. The van der Waals surface area contributed by atoms with Gasteiger partial charge in [0.15, 0.2) is 14.1 Å². The van der Waals surface area contributed by atoms with Gasteiger partial charge in [-0.25, -0.2) is 0 Å². The first-order valence-corrected chi connectivity index (χ1v) is 11.7. The number of carbonyl (C=O) groups excluding carboxylic acids is 1. The van der Waals surface area contributed by atoms with E-state index in [9.17, 15) is 9.90 Å². The summed E-state index contributed by atoms with van der Waals surface area (Å²) in [6.45, 7) is 15.5. The van der Waals surface area contributed by atoms with Crippen LogP contribution in [0.25, 0.3) is 0 Å². The van der Waals surface area contributed by atoms with Gasteiger partial charge in [0, 0.05) is 17.9 Å². The van der Waals surface area contributed by atoms with Crippen molar-refractivity contribution >= 4 is 14.1 Å². The molecule has 1 rings (SSSR count). The van der Waals surface area contributed by atoms with Crippen LogP contribution in [0.3, 0.4) is 0 Å². The summed E-state index contributed by atoms with van der Waals surface area (Å²) in [7, 11) is -1.87. The molecule has 2 atom stereocenters. The van der Waals surface area contributed by atoms with Crippen molar-refractivity contribution in [2.24, 2.45) is 5.41 Å². The van der Waals surface area contributed by atoms with Crippen molar-refractivity contribution in [3.8, 4) is 0 Å². The Hall–Kier alpha value is -0.913. The number of hydrogen-bond acceptors (Lipinski definition) is 4. The Morgan fingerprint density at radius 1 is 1.42 bits per heavy atom. The molecule has 0 spiro atoms. The Morgan fingerprint density at radius 3 is 2.54 bits per heavy atom. The molecule has 0 amide bonds. The quantitative estimate of drug-likeness (QED) is 0.549. The molecule has 5 heteroatoms. The molecule has 0 radical (unpaired) electrons. The normalized spacial score (nSPS) is 24.2. The molecular weight excluding hydrogens is 320 g/mol. The molecule has 0 aliphatic heterocycles. The third-order valence-corrected chi connectivity index (χ3v) is 9.68. The fraction of sp³-hybridized carbons (Fsp3) is 0.737. The average Bonchev–Trinajstić information content (AvgIpc) is 2.46. The lowest BCUT2D eigenvalue weighted by Gasteiger charge is -2.36. The molecule has 0 aromatic rings. The molecule has 138 valence electrons. The summed E-state index contributed by atoms with van der Waals surface area (Å²) in [4.78, 5) is 12.3. The Balaban J connectivity index is 2.64. The summed E-state index contributed by atoms with van der Waals surface area (Å²) < 4.78 is 11.5. The van der Waals surface area contributed by atoms with Gasteiger partial charge >= 0.3 is 0 Å². The van der Waals surface area contributed by atoms with Crippen LogP contribution < -0.4 is 0 Å². The predicted octanol–water partition coefficient (Wildman–Crippen LogP) is 4.21. The van der Waals surface area contributed by atoms with Crippen LogP contribution in [0.1, 0.15) is 47.5 Å². The van der Waals surface area contributed by atoms with Gasteiger partial charge in [-0.3, -0.25) is 4.79 Å². The molecule has 0 heterocycles. The summed E-state index contributed by atoms with van der Waals surface area (Å²) in [6.07, 6.45) is 5.87. The maximum atomic E-state index is 12.3. The van der Waals surface area contributed by atoms with Crippen LogP contribution in [-0.4, -0.2) is 38.5 Å². The van der Waals surface area contributed by atoms with E-state index in [2.05, 4.69) is 33.9 Å². The van der Waals surface area contributed by atoms with E-state index < -0.39 is 19.8 Å². The minimum Gasteiger partial charge on any atom is -0.498 e. The first-order valence-electron chi connectivity index (χ1n) is 8.80. The summed E-state index contributed by atoms with van der Waals surface area (Å²) in [5.74, 6) is 0.793. The highest BCUT2D eigenvalue weighted by Gasteiger charge is 2.37. The minimum atomic E-state index is -1.87. The lowest BCUT2D eigenvalue weighted by atomic mass is 9.77. The van der Waals surface area contributed by atoms with Crippen LogP contribution in [0.15, 0.2) is 24.0 Å². The second-order valence-corrected chi connectivity index (χ2v) is 13.1. The van der Waals surface area contributed by atoms with Gasteiger partial charge in [-0.15, -0.1) is 0 Å². The molecule has 4 nitrogen and oxygen atoms in total.